The molecule has 0 amide bonds. The Morgan fingerprint density at radius 2 is 2.09 bits per heavy atom. The smallest absolute Gasteiger partial charge is 0.434 e. The summed E-state index contributed by atoms with van der Waals surface area (Å²) >= 11 is 0. The van der Waals surface area contributed by atoms with Crippen molar-refractivity contribution < 1.29 is 23.1 Å². The van der Waals surface area contributed by atoms with Crippen LogP contribution in [0, 0.1) is 5.92 Å². The Morgan fingerprint density at radius 1 is 1.32 bits per heavy atom. The van der Waals surface area contributed by atoms with Crippen molar-refractivity contribution in [3.8, 4) is 5.82 Å². The molecule has 1 N–H and O–H groups in total. The van der Waals surface area contributed by atoms with Gasteiger partial charge in [-0.05, 0) is 18.8 Å². The highest BCUT2D eigenvalue weighted by molar-refractivity contribution is 5.88. The van der Waals surface area contributed by atoms with E-state index in [0.717, 1.165) is 18.3 Å². The fourth-order valence-electron chi connectivity index (χ4n) is 3.04. The van der Waals surface area contributed by atoms with E-state index in [-0.39, 0.29) is 17.4 Å². The first-order valence-corrected chi connectivity index (χ1v) is 6.61. The number of aromatic carboxylic acids is 1. The second kappa shape index (κ2) is 4.05. The minimum Gasteiger partial charge on any atom is -0.476 e. The van der Waals surface area contributed by atoms with Gasteiger partial charge in [0, 0.05) is 11.5 Å². The lowest BCUT2D eigenvalue weighted by Gasteiger charge is -2.07. The van der Waals surface area contributed by atoms with Crippen molar-refractivity contribution in [1.82, 2.24) is 19.7 Å². The summed E-state index contributed by atoms with van der Waals surface area (Å²) in [6, 6.07) is 0. The molecule has 0 spiro atoms. The van der Waals surface area contributed by atoms with Crippen LogP contribution in [0.25, 0.3) is 5.82 Å². The van der Waals surface area contributed by atoms with Gasteiger partial charge in [0.25, 0.3) is 0 Å². The molecule has 0 aliphatic heterocycles. The standard InChI is InChI=1S/C13H9F3N4O2/c14-13(15,16)8-3-18-9(4-17-8)20-11-6-1-5(6)2-7(11)10(19-20)12(21)22/h3-6H,1-2H2,(H,21,22)/t5-,6-/m1/s1. The summed E-state index contributed by atoms with van der Waals surface area (Å²) in [7, 11) is 0. The molecule has 22 heavy (non-hydrogen) atoms. The molecule has 1 fully saturated rings. The Kier molecular flexibility index (Phi) is 2.44. The van der Waals surface area contributed by atoms with Crippen LogP contribution in [0.2, 0.25) is 0 Å². The lowest BCUT2D eigenvalue weighted by Crippen LogP contribution is -2.11. The lowest BCUT2D eigenvalue weighted by molar-refractivity contribution is -0.141. The molecule has 2 aromatic heterocycles. The van der Waals surface area contributed by atoms with Gasteiger partial charge in [0.05, 0.1) is 18.1 Å². The first kappa shape index (κ1) is 13.2. The van der Waals surface area contributed by atoms with Crippen LogP contribution in [0.3, 0.4) is 0 Å². The van der Waals surface area contributed by atoms with Crippen molar-refractivity contribution in [1.29, 1.82) is 0 Å². The topological polar surface area (TPSA) is 80.9 Å². The predicted octanol–water partition coefficient (Wildman–Crippen LogP) is 2.04. The SMILES string of the molecule is O=C(O)c1nn(-c2cnc(C(F)(F)F)cn2)c2c1C[C@H]1C[C@@H]21. The number of fused-ring (bicyclic) bond motifs is 3. The Hall–Kier alpha value is -2.45. The molecule has 2 aliphatic rings. The Balaban J connectivity index is 1.80. The predicted molar refractivity (Wildman–Crippen MR) is 65.7 cm³/mol. The summed E-state index contributed by atoms with van der Waals surface area (Å²) in [5.74, 6) is -0.403. The van der Waals surface area contributed by atoms with E-state index < -0.39 is 17.8 Å². The normalized spacial score (nSPS) is 22.3. The Bertz CT molecular complexity index is 782. The molecular formula is C13H9F3N4O2. The van der Waals surface area contributed by atoms with E-state index in [1.54, 1.807) is 0 Å². The van der Waals surface area contributed by atoms with Gasteiger partial charge in [0.2, 0.25) is 0 Å². The van der Waals surface area contributed by atoms with Gasteiger partial charge in [-0.15, -0.1) is 0 Å². The molecular weight excluding hydrogens is 301 g/mol. The summed E-state index contributed by atoms with van der Waals surface area (Å²) < 4.78 is 38.9. The van der Waals surface area contributed by atoms with Crippen molar-refractivity contribution in [2.45, 2.75) is 24.9 Å². The Labute approximate surface area is 121 Å². The molecule has 0 aromatic carbocycles. The zero-order valence-corrected chi connectivity index (χ0v) is 11.0. The molecule has 0 saturated heterocycles. The minimum atomic E-state index is -4.56. The van der Waals surface area contributed by atoms with Crippen molar-refractivity contribution >= 4 is 5.97 Å². The maximum Gasteiger partial charge on any atom is 0.434 e. The molecule has 0 bridgehead atoms. The second-order valence-electron chi connectivity index (χ2n) is 5.49. The minimum absolute atomic E-state index is 0.0519. The Morgan fingerprint density at radius 3 is 2.68 bits per heavy atom. The van der Waals surface area contributed by atoms with Gasteiger partial charge in [0.1, 0.15) is 0 Å². The highest BCUT2D eigenvalue weighted by atomic mass is 19.4. The van der Waals surface area contributed by atoms with Crippen LogP contribution in [0.5, 0.6) is 0 Å². The lowest BCUT2D eigenvalue weighted by atomic mass is 10.1. The average molecular weight is 310 g/mol. The molecule has 4 rings (SSSR count). The van der Waals surface area contributed by atoms with Crippen molar-refractivity contribution in [2.75, 3.05) is 0 Å². The van der Waals surface area contributed by atoms with Crippen molar-refractivity contribution in [3.63, 3.8) is 0 Å². The number of hydrogen-bond acceptors (Lipinski definition) is 4. The maximum atomic E-state index is 12.5. The second-order valence-corrected chi connectivity index (χ2v) is 5.49. The monoisotopic (exact) mass is 310 g/mol. The van der Waals surface area contributed by atoms with Gasteiger partial charge in [-0.2, -0.15) is 18.3 Å². The molecule has 1 saturated carbocycles. The summed E-state index contributed by atoms with van der Waals surface area (Å²) in [6.45, 7) is 0. The van der Waals surface area contributed by atoms with Crippen LogP contribution in [-0.4, -0.2) is 30.8 Å². The zero-order valence-electron chi connectivity index (χ0n) is 11.0. The van der Waals surface area contributed by atoms with Gasteiger partial charge in [0.15, 0.2) is 17.2 Å². The van der Waals surface area contributed by atoms with Gasteiger partial charge < -0.3 is 5.11 Å². The number of aromatic nitrogens is 4. The van der Waals surface area contributed by atoms with Crippen LogP contribution in [0.1, 0.15) is 39.8 Å². The molecule has 2 aliphatic carbocycles. The van der Waals surface area contributed by atoms with Gasteiger partial charge in [-0.1, -0.05) is 0 Å². The van der Waals surface area contributed by atoms with Crippen LogP contribution >= 0.6 is 0 Å². The zero-order chi connectivity index (χ0) is 15.6. The molecule has 2 atom stereocenters. The number of nitrogens with zero attached hydrogens (tertiary/aromatic N) is 4. The highest BCUT2D eigenvalue weighted by Crippen LogP contribution is 2.57. The number of alkyl halides is 3. The molecule has 0 unspecified atom stereocenters. The number of halogens is 3. The molecule has 114 valence electrons. The quantitative estimate of drug-likeness (QED) is 0.918. The van der Waals surface area contributed by atoms with E-state index in [4.69, 9.17) is 0 Å². The van der Waals surface area contributed by atoms with Crippen LogP contribution in [0.4, 0.5) is 13.2 Å². The number of hydrogen-bond donors (Lipinski definition) is 1. The van der Waals surface area contributed by atoms with E-state index in [9.17, 15) is 23.1 Å². The summed E-state index contributed by atoms with van der Waals surface area (Å²) in [4.78, 5) is 18.3. The van der Waals surface area contributed by atoms with E-state index in [0.29, 0.717) is 24.1 Å². The number of carbonyl (C=O) groups is 1. The summed E-state index contributed by atoms with van der Waals surface area (Å²) in [6.07, 6.45) is -1.37. The van der Waals surface area contributed by atoms with E-state index in [1.165, 1.54) is 4.68 Å². The van der Waals surface area contributed by atoms with E-state index in [1.807, 2.05) is 0 Å². The fourth-order valence-corrected chi connectivity index (χ4v) is 3.04. The summed E-state index contributed by atoms with van der Waals surface area (Å²) in [5.41, 5.74) is 0.263. The molecule has 0 radical (unpaired) electrons. The van der Waals surface area contributed by atoms with Gasteiger partial charge in [-0.25, -0.2) is 19.4 Å². The number of carboxylic acid groups (broad SMARTS) is 1. The first-order chi connectivity index (χ1) is 10.4. The number of rotatable bonds is 2. The molecule has 9 heteroatoms. The molecule has 2 heterocycles. The van der Waals surface area contributed by atoms with E-state index >= 15 is 0 Å². The fraction of sp³-hybridized carbons (Fsp3) is 0.385. The third-order valence-electron chi connectivity index (χ3n) is 4.11. The highest BCUT2D eigenvalue weighted by Gasteiger charge is 2.50. The first-order valence-electron chi connectivity index (χ1n) is 6.61. The molecule has 2 aromatic rings. The molecule has 6 nitrogen and oxygen atoms in total. The average Bonchev–Trinajstić information content (AvgIpc) is 2.94. The van der Waals surface area contributed by atoms with Crippen molar-refractivity contribution in [2.24, 2.45) is 5.92 Å². The van der Waals surface area contributed by atoms with Gasteiger partial charge in [-0.3, -0.25) is 0 Å². The van der Waals surface area contributed by atoms with Crippen LogP contribution < -0.4 is 0 Å². The third-order valence-corrected chi connectivity index (χ3v) is 4.11. The largest absolute Gasteiger partial charge is 0.476 e. The van der Waals surface area contributed by atoms with Crippen LogP contribution in [0.15, 0.2) is 12.4 Å². The van der Waals surface area contributed by atoms with Crippen molar-refractivity contribution in [3.05, 3.63) is 35.0 Å². The van der Waals surface area contributed by atoms with Crippen LogP contribution in [-0.2, 0) is 12.6 Å². The number of carboxylic acids is 1. The van der Waals surface area contributed by atoms with E-state index in [2.05, 4.69) is 15.1 Å². The summed E-state index contributed by atoms with van der Waals surface area (Å²) in [5, 5.41) is 13.2. The third kappa shape index (κ3) is 1.81. The van der Waals surface area contributed by atoms with Gasteiger partial charge >= 0.3 is 12.1 Å². The maximum absolute atomic E-state index is 12.5.